The van der Waals surface area contributed by atoms with Crippen molar-refractivity contribution >= 4 is 5.78 Å². The van der Waals surface area contributed by atoms with Gasteiger partial charge in [0.2, 0.25) is 0 Å². The van der Waals surface area contributed by atoms with Crippen LogP contribution in [0.2, 0.25) is 0 Å². The average Bonchev–Trinajstić information content (AvgIpc) is 2.61. The van der Waals surface area contributed by atoms with Crippen LogP contribution in [-0.4, -0.2) is 5.78 Å². The van der Waals surface area contributed by atoms with Crippen molar-refractivity contribution in [1.82, 2.24) is 0 Å². The van der Waals surface area contributed by atoms with Gasteiger partial charge in [0.25, 0.3) is 0 Å². The third kappa shape index (κ3) is 28.5. The van der Waals surface area contributed by atoms with E-state index in [0.29, 0.717) is 0 Å². The first-order valence-electron chi connectivity index (χ1n) is 11.0. The van der Waals surface area contributed by atoms with E-state index in [1.807, 2.05) is 6.08 Å². The predicted octanol–water partition coefficient (Wildman–Crippen LogP) is 8.77. The lowest BCUT2D eigenvalue weighted by Crippen LogP contribution is -2.18. The van der Waals surface area contributed by atoms with Gasteiger partial charge in [-0.1, -0.05) is 111 Å². The molecule has 1 aliphatic rings. The minimum Gasteiger partial charge on any atom is -0.300 e. The molecule has 0 aromatic heterocycles. The van der Waals surface area contributed by atoms with E-state index in [-0.39, 0.29) is 5.78 Å². The maximum Gasteiger partial charge on any atom is 0.126 e. The highest BCUT2D eigenvalue weighted by molar-refractivity contribution is 5.72. The first-order chi connectivity index (χ1) is 11.9. The van der Waals surface area contributed by atoms with E-state index < -0.39 is 0 Å². The second-order valence-corrected chi connectivity index (χ2v) is 7.31. The van der Waals surface area contributed by atoms with Crippen molar-refractivity contribution in [3.8, 4) is 0 Å². The molecule has 1 nitrogen and oxygen atoms in total. The van der Waals surface area contributed by atoms with Crippen molar-refractivity contribution in [2.45, 2.75) is 126 Å². The Morgan fingerprint density at radius 2 is 1.28 bits per heavy atom. The second kappa shape index (κ2) is 25.6. The Balaban J connectivity index is -0.000000294. The van der Waals surface area contributed by atoms with E-state index >= 15 is 0 Å². The van der Waals surface area contributed by atoms with E-state index in [1.165, 1.54) is 84.5 Å². The van der Waals surface area contributed by atoms with Gasteiger partial charge < -0.3 is 4.79 Å². The molecular weight excluding hydrogens is 304 g/mol. The van der Waals surface area contributed by atoms with Crippen molar-refractivity contribution in [3.05, 3.63) is 12.7 Å². The fourth-order valence-corrected chi connectivity index (χ4v) is 3.07. The summed E-state index contributed by atoms with van der Waals surface area (Å²) in [4.78, 5) is 9.44. The van der Waals surface area contributed by atoms with Crippen LogP contribution < -0.4 is 0 Å². The quantitative estimate of drug-likeness (QED) is 0.330. The van der Waals surface area contributed by atoms with Crippen molar-refractivity contribution in [3.63, 3.8) is 0 Å². The van der Waals surface area contributed by atoms with Crippen LogP contribution in [0.1, 0.15) is 126 Å². The zero-order valence-electron chi connectivity index (χ0n) is 18.8. The van der Waals surface area contributed by atoms with Gasteiger partial charge in [0, 0.05) is 0 Å². The summed E-state index contributed by atoms with van der Waals surface area (Å²) in [6, 6.07) is 0. The van der Waals surface area contributed by atoms with Gasteiger partial charge in [0.15, 0.2) is 0 Å². The topological polar surface area (TPSA) is 17.1 Å². The molecule has 0 saturated heterocycles. The van der Waals surface area contributed by atoms with Gasteiger partial charge in [-0.25, -0.2) is 0 Å². The number of hydrogen-bond donors (Lipinski definition) is 0. The summed E-state index contributed by atoms with van der Waals surface area (Å²) in [7, 11) is 0. The zero-order chi connectivity index (χ0) is 19.9. The smallest absolute Gasteiger partial charge is 0.126 e. The van der Waals surface area contributed by atoms with Crippen LogP contribution in [0.3, 0.4) is 0 Å². The highest BCUT2D eigenvalue weighted by Gasteiger charge is 2.22. The van der Waals surface area contributed by atoms with Crippen LogP contribution in [0.25, 0.3) is 0 Å². The number of carbonyl (C=O) groups is 1. The molecule has 0 heterocycles. The molecule has 0 N–H and O–H groups in total. The highest BCUT2D eigenvalue weighted by Crippen LogP contribution is 2.34. The van der Waals surface area contributed by atoms with Crippen molar-refractivity contribution in [1.29, 1.82) is 0 Å². The second-order valence-electron chi connectivity index (χ2n) is 7.31. The highest BCUT2D eigenvalue weighted by atomic mass is 16.1. The number of allylic oxidation sites excluding steroid dienone is 1. The van der Waals surface area contributed by atoms with Crippen LogP contribution in [0.15, 0.2) is 12.7 Å². The van der Waals surface area contributed by atoms with Crippen molar-refractivity contribution in [2.24, 2.45) is 11.8 Å². The third-order valence-electron chi connectivity index (χ3n) is 4.50. The standard InChI is InChI=1S/C11H22.C6H14.C4H8.C3H6O/c1-3-7-11-9-6-5-8-10(11)4-2;1-3-5-6-4-2;1-3-4-2;1-3(2)4/h10-11H,3-9H2,1-2H3;3-6H2,1-2H3;3H,1,4H2,2H3;1-2H3. The molecule has 0 spiro atoms. The molecule has 1 aliphatic carbocycles. The van der Waals surface area contributed by atoms with E-state index in [9.17, 15) is 4.79 Å². The summed E-state index contributed by atoms with van der Waals surface area (Å²) in [6.07, 6.45) is 18.8. The molecule has 152 valence electrons. The SMILES string of the molecule is C=CCC.CC(C)=O.CCCC1CCCCC1CC.CCCCCC. The number of rotatable bonds is 7. The van der Waals surface area contributed by atoms with Gasteiger partial charge in [0.05, 0.1) is 0 Å². The first-order valence-corrected chi connectivity index (χ1v) is 11.0. The van der Waals surface area contributed by atoms with Gasteiger partial charge in [-0.05, 0) is 32.1 Å². The van der Waals surface area contributed by atoms with Gasteiger partial charge in [0.1, 0.15) is 5.78 Å². The van der Waals surface area contributed by atoms with Crippen LogP contribution in [-0.2, 0) is 4.79 Å². The molecule has 0 aromatic carbocycles. The van der Waals surface area contributed by atoms with E-state index in [4.69, 9.17) is 0 Å². The van der Waals surface area contributed by atoms with Crippen LogP contribution in [0.4, 0.5) is 0 Å². The van der Waals surface area contributed by atoms with E-state index in [0.717, 1.165) is 18.3 Å². The number of unbranched alkanes of at least 4 members (excludes halogenated alkanes) is 3. The molecule has 0 aromatic rings. The Morgan fingerprint density at radius 3 is 1.56 bits per heavy atom. The molecule has 2 atom stereocenters. The van der Waals surface area contributed by atoms with Crippen LogP contribution in [0, 0.1) is 11.8 Å². The first kappa shape index (κ1) is 29.2. The van der Waals surface area contributed by atoms with Crippen molar-refractivity contribution < 1.29 is 4.79 Å². The molecular formula is C24H50O. The molecule has 1 heteroatoms. The molecule has 0 radical (unpaired) electrons. The number of Topliss-reactive ketones (excluding diaryl/α,β-unsaturated/α-hetero) is 1. The summed E-state index contributed by atoms with van der Waals surface area (Å²) in [5, 5.41) is 0. The summed E-state index contributed by atoms with van der Waals surface area (Å²) >= 11 is 0. The molecule has 0 aliphatic heterocycles. The maximum absolute atomic E-state index is 9.44. The fourth-order valence-electron chi connectivity index (χ4n) is 3.07. The number of carbonyl (C=O) groups excluding carboxylic acids is 1. The maximum atomic E-state index is 9.44. The molecule has 25 heavy (non-hydrogen) atoms. The normalized spacial score (nSPS) is 18.4. The summed E-state index contributed by atoms with van der Waals surface area (Å²) in [6.45, 7) is 17.7. The minimum atomic E-state index is 0.167. The zero-order valence-corrected chi connectivity index (χ0v) is 18.8. The molecule has 1 saturated carbocycles. The van der Waals surface area contributed by atoms with Gasteiger partial charge >= 0.3 is 0 Å². The monoisotopic (exact) mass is 354 g/mol. The minimum absolute atomic E-state index is 0.167. The largest absolute Gasteiger partial charge is 0.300 e. The summed E-state index contributed by atoms with van der Waals surface area (Å²) < 4.78 is 0. The van der Waals surface area contributed by atoms with Gasteiger partial charge in [-0.2, -0.15) is 0 Å². The third-order valence-corrected chi connectivity index (χ3v) is 4.50. The molecule has 2 unspecified atom stereocenters. The molecule has 1 fully saturated rings. The average molecular weight is 355 g/mol. The van der Waals surface area contributed by atoms with Gasteiger partial charge in [-0.15, -0.1) is 6.58 Å². The molecule has 0 amide bonds. The summed E-state index contributed by atoms with van der Waals surface area (Å²) in [5.74, 6) is 2.32. The Bertz CT molecular complexity index is 247. The number of hydrogen-bond acceptors (Lipinski definition) is 1. The summed E-state index contributed by atoms with van der Waals surface area (Å²) in [5.41, 5.74) is 0. The van der Waals surface area contributed by atoms with Crippen LogP contribution in [0.5, 0.6) is 0 Å². The Hall–Kier alpha value is -0.590. The van der Waals surface area contributed by atoms with Crippen LogP contribution >= 0.6 is 0 Å². The lowest BCUT2D eigenvalue weighted by atomic mass is 9.76. The lowest BCUT2D eigenvalue weighted by Gasteiger charge is -2.30. The van der Waals surface area contributed by atoms with E-state index in [1.54, 1.807) is 0 Å². The van der Waals surface area contributed by atoms with Crippen molar-refractivity contribution in [2.75, 3.05) is 0 Å². The fraction of sp³-hybridized carbons (Fsp3) is 0.875. The Morgan fingerprint density at radius 1 is 0.880 bits per heavy atom. The Kier molecular flexibility index (Phi) is 29.9. The molecule has 1 rings (SSSR count). The number of ketones is 1. The van der Waals surface area contributed by atoms with E-state index in [2.05, 4.69) is 41.2 Å². The Labute approximate surface area is 161 Å². The molecule has 0 bridgehead atoms. The predicted molar refractivity (Wildman–Crippen MR) is 117 cm³/mol. The van der Waals surface area contributed by atoms with Gasteiger partial charge in [-0.3, -0.25) is 0 Å². The lowest BCUT2D eigenvalue weighted by molar-refractivity contribution is -0.114.